The Labute approximate surface area is 174 Å². The molecule has 1 aliphatic rings. The van der Waals surface area contributed by atoms with Gasteiger partial charge < -0.3 is 14.8 Å². The van der Waals surface area contributed by atoms with Crippen molar-refractivity contribution in [2.24, 2.45) is 7.05 Å². The van der Waals surface area contributed by atoms with E-state index >= 15 is 0 Å². The largest absolute Gasteiger partial charge is 0.363 e. The van der Waals surface area contributed by atoms with Gasteiger partial charge in [0.1, 0.15) is 23.0 Å². The maximum Gasteiger partial charge on any atom is 0.270 e. The van der Waals surface area contributed by atoms with Gasteiger partial charge in [0, 0.05) is 38.9 Å². The number of benzene rings is 1. The number of nitriles is 1. The molecule has 0 bridgehead atoms. The Kier molecular flexibility index (Phi) is 5.77. The molecule has 0 radical (unpaired) electrons. The molecule has 1 atom stereocenters. The van der Waals surface area contributed by atoms with Crippen LogP contribution in [0.4, 0.5) is 10.1 Å². The van der Waals surface area contributed by atoms with Crippen molar-refractivity contribution in [3.63, 3.8) is 0 Å². The molecule has 1 aromatic carbocycles. The molecular weight excluding hydrogens is 381 g/mol. The van der Waals surface area contributed by atoms with Gasteiger partial charge in [0.2, 0.25) is 0 Å². The topological polar surface area (TPSA) is 74.0 Å². The molecule has 3 aromatic rings. The van der Waals surface area contributed by atoms with Crippen molar-refractivity contribution in [1.82, 2.24) is 14.9 Å². The van der Waals surface area contributed by atoms with Crippen molar-refractivity contribution >= 4 is 16.7 Å². The van der Waals surface area contributed by atoms with Crippen molar-refractivity contribution < 1.29 is 4.39 Å². The minimum Gasteiger partial charge on any atom is -0.363 e. The molecule has 2 aromatic heterocycles. The molecule has 0 spiro atoms. The second-order valence-corrected chi connectivity index (χ2v) is 7.64. The summed E-state index contributed by atoms with van der Waals surface area (Å²) < 4.78 is 14.6. The van der Waals surface area contributed by atoms with Crippen LogP contribution in [0.15, 0.2) is 47.4 Å². The highest BCUT2D eigenvalue weighted by Crippen LogP contribution is 2.30. The normalized spacial score (nSPS) is 16.6. The highest BCUT2D eigenvalue weighted by molar-refractivity contribution is 5.91. The van der Waals surface area contributed by atoms with E-state index in [2.05, 4.69) is 21.3 Å². The fraction of sp³-hybridized carbons (Fsp3) is 0.348. The molecule has 1 fully saturated rings. The molecule has 30 heavy (non-hydrogen) atoms. The van der Waals surface area contributed by atoms with Gasteiger partial charge in [-0.2, -0.15) is 5.26 Å². The number of nitrogens with one attached hydrogen (secondary N) is 1. The van der Waals surface area contributed by atoms with Crippen LogP contribution in [0.5, 0.6) is 0 Å². The third-order valence-corrected chi connectivity index (χ3v) is 5.79. The minimum atomic E-state index is -0.295. The van der Waals surface area contributed by atoms with Crippen LogP contribution in [-0.4, -0.2) is 35.2 Å². The quantitative estimate of drug-likeness (QED) is 0.707. The van der Waals surface area contributed by atoms with Gasteiger partial charge in [-0.05, 0) is 49.1 Å². The Bertz CT molecular complexity index is 1150. The highest BCUT2D eigenvalue weighted by atomic mass is 19.1. The molecule has 7 heteroatoms. The lowest BCUT2D eigenvalue weighted by Gasteiger charge is -2.39. The van der Waals surface area contributed by atoms with Crippen LogP contribution >= 0.6 is 0 Å². The lowest BCUT2D eigenvalue weighted by molar-refractivity contribution is 0.445. The molecule has 1 saturated heterocycles. The number of hydrogen-bond acceptors (Lipinski definition) is 5. The van der Waals surface area contributed by atoms with E-state index in [1.54, 1.807) is 19.3 Å². The molecule has 4 rings (SSSR count). The maximum atomic E-state index is 13.1. The predicted molar refractivity (Wildman–Crippen MR) is 115 cm³/mol. The summed E-state index contributed by atoms with van der Waals surface area (Å²) >= 11 is 0. The second-order valence-electron chi connectivity index (χ2n) is 7.64. The first kappa shape index (κ1) is 20.0. The Morgan fingerprint density at radius 3 is 2.87 bits per heavy atom. The minimum absolute atomic E-state index is 0.142. The molecule has 1 N–H and O–H groups in total. The number of halogens is 1. The van der Waals surface area contributed by atoms with Crippen LogP contribution in [0.2, 0.25) is 0 Å². The number of fused-ring (bicyclic) bond motifs is 1. The predicted octanol–water partition coefficient (Wildman–Crippen LogP) is 2.75. The van der Waals surface area contributed by atoms with Gasteiger partial charge in [-0.15, -0.1) is 0 Å². The smallest absolute Gasteiger partial charge is 0.270 e. The van der Waals surface area contributed by atoms with E-state index in [4.69, 9.17) is 0 Å². The van der Waals surface area contributed by atoms with Crippen LogP contribution in [0, 0.1) is 17.1 Å². The van der Waals surface area contributed by atoms with Crippen LogP contribution in [-0.2, 0) is 13.5 Å². The Morgan fingerprint density at radius 1 is 1.30 bits per heavy atom. The molecular formula is C23H24FN5O. The molecule has 154 valence electrons. The summed E-state index contributed by atoms with van der Waals surface area (Å²) in [4.78, 5) is 19.6. The van der Waals surface area contributed by atoms with Gasteiger partial charge in [0.25, 0.3) is 5.56 Å². The Hall–Kier alpha value is -3.24. The number of aromatic nitrogens is 2. The Morgan fingerprint density at radius 2 is 2.10 bits per heavy atom. The number of rotatable bonds is 5. The van der Waals surface area contributed by atoms with E-state index < -0.39 is 0 Å². The summed E-state index contributed by atoms with van der Waals surface area (Å²) in [6.45, 7) is 2.26. The van der Waals surface area contributed by atoms with Gasteiger partial charge in [0.05, 0.1) is 11.2 Å². The molecule has 6 nitrogen and oxygen atoms in total. The van der Waals surface area contributed by atoms with Crippen molar-refractivity contribution in [2.45, 2.75) is 25.3 Å². The zero-order valence-corrected chi connectivity index (χ0v) is 16.9. The molecule has 0 aliphatic carbocycles. The first-order valence-electron chi connectivity index (χ1n) is 10.2. The SMILES string of the molecule is Cn1c(=O)c(C#N)c(N2CCNCC2CCCc2ccc(F)cc2)c2ncccc21. The van der Waals surface area contributed by atoms with E-state index in [0.29, 0.717) is 17.7 Å². The van der Waals surface area contributed by atoms with Crippen molar-refractivity contribution in [3.05, 3.63) is 69.9 Å². The van der Waals surface area contributed by atoms with Gasteiger partial charge in [-0.3, -0.25) is 9.78 Å². The molecule has 1 aliphatic heterocycles. The lowest BCUT2D eigenvalue weighted by Crippen LogP contribution is -2.52. The number of hydrogen-bond donors (Lipinski definition) is 1. The van der Waals surface area contributed by atoms with E-state index in [9.17, 15) is 14.4 Å². The zero-order valence-electron chi connectivity index (χ0n) is 16.9. The number of anilines is 1. The standard InChI is InChI=1S/C23H24FN5O/c1-28-20-6-3-11-27-21(20)22(19(14-25)23(28)30)29-13-12-26-15-18(29)5-2-4-16-7-9-17(24)10-8-16/h3,6-11,18,26H,2,4-5,12-13,15H2,1H3. The van der Waals surface area contributed by atoms with Crippen LogP contribution < -0.4 is 15.8 Å². The maximum absolute atomic E-state index is 13.1. The average molecular weight is 405 g/mol. The van der Waals surface area contributed by atoms with Gasteiger partial charge in [-0.1, -0.05) is 12.1 Å². The van der Waals surface area contributed by atoms with E-state index in [0.717, 1.165) is 43.4 Å². The molecule has 0 amide bonds. The average Bonchev–Trinajstić information content (AvgIpc) is 2.78. The van der Waals surface area contributed by atoms with Gasteiger partial charge >= 0.3 is 0 Å². The van der Waals surface area contributed by atoms with Gasteiger partial charge in [0.15, 0.2) is 0 Å². The Balaban J connectivity index is 1.65. The molecule has 1 unspecified atom stereocenters. The summed E-state index contributed by atoms with van der Waals surface area (Å²) in [5.41, 5.74) is 3.00. The van der Waals surface area contributed by atoms with Crippen LogP contribution in [0.1, 0.15) is 24.0 Å². The number of aryl methyl sites for hydroxylation is 2. The van der Waals surface area contributed by atoms with Crippen LogP contribution in [0.25, 0.3) is 11.0 Å². The van der Waals surface area contributed by atoms with E-state index in [1.807, 2.05) is 18.2 Å². The molecule has 0 saturated carbocycles. The summed E-state index contributed by atoms with van der Waals surface area (Å²) in [5, 5.41) is 13.2. The fourth-order valence-electron chi connectivity index (χ4n) is 4.23. The van der Waals surface area contributed by atoms with Crippen molar-refractivity contribution in [1.29, 1.82) is 5.26 Å². The number of piperazine rings is 1. The van der Waals surface area contributed by atoms with E-state index in [1.165, 1.54) is 16.7 Å². The fourth-order valence-corrected chi connectivity index (χ4v) is 4.23. The number of pyridine rings is 2. The lowest BCUT2D eigenvalue weighted by atomic mass is 10.0. The summed E-state index contributed by atoms with van der Waals surface area (Å²) in [5.74, 6) is -0.226. The summed E-state index contributed by atoms with van der Waals surface area (Å²) in [6.07, 6.45) is 4.36. The monoisotopic (exact) mass is 405 g/mol. The van der Waals surface area contributed by atoms with E-state index in [-0.39, 0.29) is 23.0 Å². The number of nitrogens with zero attached hydrogens (tertiary/aromatic N) is 4. The van der Waals surface area contributed by atoms with Gasteiger partial charge in [-0.25, -0.2) is 4.39 Å². The first-order chi connectivity index (χ1) is 14.6. The third-order valence-electron chi connectivity index (χ3n) is 5.79. The van der Waals surface area contributed by atoms with Crippen LogP contribution in [0.3, 0.4) is 0 Å². The zero-order chi connectivity index (χ0) is 21.1. The van der Waals surface area contributed by atoms with Crippen molar-refractivity contribution in [3.8, 4) is 6.07 Å². The molecule has 3 heterocycles. The van der Waals surface area contributed by atoms with Crippen molar-refractivity contribution in [2.75, 3.05) is 24.5 Å². The summed E-state index contributed by atoms with van der Waals surface area (Å²) in [7, 11) is 1.68. The first-order valence-corrected chi connectivity index (χ1v) is 10.2. The second kappa shape index (κ2) is 8.64. The highest BCUT2D eigenvalue weighted by Gasteiger charge is 2.28. The third kappa shape index (κ3) is 3.79. The summed E-state index contributed by atoms with van der Waals surface area (Å²) in [6, 6.07) is 12.5.